The normalized spacial score (nSPS) is 20.0. The molecule has 1 fully saturated rings. The summed E-state index contributed by atoms with van der Waals surface area (Å²) < 4.78 is 5.20. The zero-order chi connectivity index (χ0) is 20.0. The minimum atomic E-state index is -0.993. The number of methoxy groups -OCH3 is 1. The molecule has 0 aromatic heterocycles. The maximum absolute atomic E-state index is 13.2. The van der Waals surface area contributed by atoms with Gasteiger partial charge in [-0.3, -0.25) is 4.79 Å². The Kier molecular flexibility index (Phi) is 7.36. The Morgan fingerprint density at radius 1 is 1.22 bits per heavy atom. The molecule has 1 aliphatic carbocycles. The summed E-state index contributed by atoms with van der Waals surface area (Å²) in [6.45, 7) is 4.23. The molecule has 2 rings (SSSR count). The van der Waals surface area contributed by atoms with E-state index in [0.29, 0.717) is 6.54 Å². The van der Waals surface area contributed by atoms with Crippen LogP contribution in [0, 0.1) is 5.41 Å². The Morgan fingerprint density at radius 3 is 2.30 bits per heavy atom. The van der Waals surface area contributed by atoms with Gasteiger partial charge in [0.2, 0.25) is 5.91 Å². The zero-order valence-electron chi connectivity index (χ0n) is 16.2. The molecule has 1 aromatic carbocycles. The van der Waals surface area contributed by atoms with Gasteiger partial charge >= 0.3 is 6.09 Å². The third-order valence-corrected chi connectivity index (χ3v) is 5.82. The van der Waals surface area contributed by atoms with Crippen molar-refractivity contribution in [2.75, 3.05) is 13.0 Å². The number of carboxylic acid groups (broad SMARTS) is 1. The van der Waals surface area contributed by atoms with Crippen molar-refractivity contribution in [2.45, 2.75) is 58.2 Å². The number of rotatable bonds is 7. The summed E-state index contributed by atoms with van der Waals surface area (Å²) >= 11 is 6.05. The van der Waals surface area contributed by atoms with Gasteiger partial charge in [-0.25, -0.2) is 4.79 Å². The van der Waals surface area contributed by atoms with Crippen molar-refractivity contribution in [1.29, 1.82) is 0 Å². The van der Waals surface area contributed by atoms with Gasteiger partial charge in [-0.2, -0.15) is 0 Å². The maximum atomic E-state index is 13.2. The fourth-order valence-electron chi connectivity index (χ4n) is 3.45. The SMILES string of the molecule is COc1ccc(CN(C(=O)C(C)(C)CCl)C2CCC(NC(=O)O)CC2)cc1. The van der Waals surface area contributed by atoms with Crippen LogP contribution in [0.1, 0.15) is 45.1 Å². The molecule has 0 aliphatic heterocycles. The van der Waals surface area contributed by atoms with Gasteiger partial charge in [0.15, 0.2) is 0 Å². The smallest absolute Gasteiger partial charge is 0.404 e. The van der Waals surface area contributed by atoms with E-state index >= 15 is 0 Å². The number of hydrogen-bond acceptors (Lipinski definition) is 3. The zero-order valence-corrected chi connectivity index (χ0v) is 17.0. The molecule has 0 atom stereocenters. The van der Waals surface area contributed by atoms with Crippen LogP contribution in [0.3, 0.4) is 0 Å². The molecule has 150 valence electrons. The highest BCUT2D eigenvalue weighted by molar-refractivity contribution is 6.19. The summed E-state index contributed by atoms with van der Waals surface area (Å²) in [4.78, 5) is 26.0. The highest BCUT2D eigenvalue weighted by Crippen LogP contribution is 2.30. The lowest BCUT2D eigenvalue weighted by molar-refractivity contribution is -0.143. The molecular weight excluding hydrogens is 368 g/mol. The van der Waals surface area contributed by atoms with E-state index in [1.807, 2.05) is 43.0 Å². The number of nitrogens with one attached hydrogen (secondary N) is 1. The van der Waals surface area contributed by atoms with Crippen molar-refractivity contribution in [1.82, 2.24) is 10.2 Å². The second-order valence-electron chi connectivity index (χ2n) is 7.75. The minimum absolute atomic E-state index is 0.0305. The van der Waals surface area contributed by atoms with E-state index < -0.39 is 11.5 Å². The van der Waals surface area contributed by atoms with Crippen LogP contribution in [-0.4, -0.2) is 47.1 Å². The number of amides is 2. The third kappa shape index (κ3) is 5.76. The lowest BCUT2D eigenvalue weighted by Gasteiger charge is -2.40. The fraction of sp³-hybridized carbons (Fsp3) is 0.600. The predicted octanol–water partition coefficient (Wildman–Crippen LogP) is 3.87. The van der Waals surface area contributed by atoms with Crippen LogP contribution in [0.25, 0.3) is 0 Å². The Labute approximate surface area is 165 Å². The van der Waals surface area contributed by atoms with Crippen LogP contribution in [0.4, 0.5) is 4.79 Å². The van der Waals surface area contributed by atoms with Crippen LogP contribution < -0.4 is 10.1 Å². The number of hydrogen-bond donors (Lipinski definition) is 2. The quantitative estimate of drug-likeness (QED) is 0.686. The minimum Gasteiger partial charge on any atom is -0.497 e. The van der Waals surface area contributed by atoms with Crippen molar-refractivity contribution in [3.05, 3.63) is 29.8 Å². The first-order valence-electron chi connectivity index (χ1n) is 9.26. The Balaban J connectivity index is 2.14. The Bertz CT molecular complexity index is 640. The van der Waals surface area contributed by atoms with Crippen molar-refractivity contribution in [3.8, 4) is 5.75 Å². The van der Waals surface area contributed by atoms with Crippen LogP contribution in [0.2, 0.25) is 0 Å². The van der Waals surface area contributed by atoms with Crippen LogP contribution in [-0.2, 0) is 11.3 Å². The summed E-state index contributed by atoms with van der Waals surface area (Å²) in [5.41, 5.74) is 0.379. The van der Waals surface area contributed by atoms with Gasteiger partial charge in [0, 0.05) is 24.5 Å². The first-order chi connectivity index (χ1) is 12.8. The van der Waals surface area contributed by atoms with Crippen molar-refractivity contribution in [3.63, 3.8) is 0 Å². The average Bonchev–Trinajstić information content (AvgIpc) is 2.66. The summed E-state index contributed by atoms with van der Waals surface area (Å²) in [6, 6.07) is 7.73. The van der Waals surface area contributed by atoms with Gasteiger partial charge in [-0.05, 0) is 57.2 Å². The molecule has 0 bridgehead atoms. The molecule has 2 amide bonds. The molecule has 0 saturated heterocycles. The molecular formula is C20H29ClN2O4. The van der Waals surface area contributed by atoms with Crippen LogP contribution >= 0.6 is 11.6 Å². The van der Waals surface area contributed by atoms with E-state index in [4.69, 9.17) is 21.4 Å². The van der Waals surface area contributed by atoms with Gasteiger partial charge in [0.05, 0.1) is 12.5 Å². The van der Waals surface area contributed by atoms with E-state index in [1.165, 1.54) is 0 Å². The molecule has 0 heterocycles. The fourth-order valence-corrected chi connectivity index (χ4v) is 3.56. The molecule has 2 N–H and O–H groups in total. The summed E-state index contributed by atoms with van der Waals surface area (Å²) in [7, 11) is 1.62. The third-order valence-electron chi connectivity index (χ3n) is 5.15. The Hall–Kier alpha value is -1.95. The molecule has 7 heteroatoms. The van der Waals surface area contributed by atoms with Gasteiger partial charge < -0.3 is 20.1 Å². The number of alkyl halides is 1. The monoisotopic (exact) mass is 396 g/mol. The maximum Gasteiger partial charge on any atom is 0.404 e. The summed E-state index contributed by atoms with van der Waals surface area (Å²) in [6.07, 6.45) is 2.00. The summed E-state index contributed by atoms with van der Waals surface area (Å²) in [5.74, 6) is 1.06. The van der Waals surface area contributed by atoms with Crippen LogP contribution in [0.15, 0.2) is 24.3 Å². The van der Waals surface area contributed by atoms with Gasteiger partial charge in [0.25, 0.3) is 0 Å². The van der Waals surface area contributed by atoms with E-state index in [2.05, 4.69) is 5.32 Å². The second kappa shape index (κ2) is 9.31. The highest BCUT2D eigenvalue weighted by Gasteiger charge is 2.36. The van der Waals surface area contributed by atoms with Crippen LogP contribution in [0.5, 0.6) is 5.75 Å². The molecule has 1 aliphatic rings. The Morgan fingerprint density at radius 2 is 1.81 bits per heavy atom. The lowest BCUT2D eigenvalue weighted by atomic mass is 9.87. The number of carbonyl (C=O) groups is 2. The largest absolute Gasteiger partial charge is 0.497 e. The van der Waals surface area contributed by atoms with Crippen molar-refractivity contribution in [2.24, 2.45) is 5.41 Å². The second-order valence-corrected chi connectivity index (χ2v) is 8.02. The molecule has 27 heavy (non-hydrogen) atoms. The summed E-state index contributed by atoms with van der Waals surface area (Å²) in [5, 5.41) is 11.5. The average molecular weight is 397 g/mol. The number of ether oxygens (including phenoxy) is 1. The molecule has 0 radical (unpaired) electrons. The first kappa shape index (κ1) is 21.4. The number of halogens is 1. The number of benzene rings is 1. The lowest BCUT2D eigenvalue weighted by Crippen LogP contribution is -2.50. The van der Waals surface area contributed by atoms with E-state index in [9.17, 15) is 9.59 Å². The van der Waals surface area contributed by atoms with Crippen molar-refractivity contribution < 1.29 is 19.4 Å². The standard InChI is InChI=1S/C20H29ClN2O4/c1-20(2,13-21)18(24)23(12-14-4-10-17(27-3)11-5-14)16-8-6-15(7-9-16)22-19(25)26/h4-5,10-11,15-16,22H,6-9,12-13H2,1-3H3,(H,25,26). The topological polar surface area (TPSA) is 78.9 Å². The number of carbonyl (C=O) groups excluding carboxylic acids is 1. The van der Waals surface area contributed by atoms with E-state index in [0.717, 1.165) is 37.0 Å². The van der Waals surface area contributed by atoms with E-state index in [-0.39, 0.29) is 23.9 Å². The van der Waals surface area contributed by atoms with Gasteiger partial charge in [-0.1, -0.05) is 12.1 Å². The van der Waals surface area contributed by atoms with Crippen molar-refractivity contribution >= 4 is 23.6 Å². The molecule has 0 spiro atoms. The predicted molar refractivity (Wildman–Crippen MR) is 105 cm³/mol. The number of nitrogens with zero attached hydrogens (tertiary/aromatic N) is 1. The molecule has 1 saturated carbocycles. The highest BCUT2D eigenvalue weighted by atomic mass is 35.5. The molecule has 0 unspecified atom stereocenters. The molecule has 1 aromatic rings. The first-order valence-corrected chi connectivity index (χ1v) is 9.79. The van der Waals surface area contributed by atoms with Gasteiger partial charge in [0.1, 0.15) is 5.75 Å². The van der Waals surface area contributed by atoms with E-state index in [1.54, 1.807) is 7.11 Å². The van der Waals surface area contributed by atoms with Gasteiger partial charge in [-0.15, -0.1) is 11.6 Å². The molecule has 6 nitrogen and oxygen atoms in total.